The van der Waals surface area contributed by atoms with Crippen molar-refractivity contribution in [1.82, 2.24) is 10.2 Å². The van der Waals surface area contributed by atoms with Gasteiger partial charge in [0.15, 0.2) is 0 Å². The minimum atomic E-state index is -0.420. The zero-order valence-corrected chi connectivity index (χ0v) is 19.5. The van der Waals surface area contributed by atoms with Crippen molar-refractivity contribution in [3.8, 4) is 11.5 Å². The second-order valence-electron chi connectivity index (χ2n) is 8.32. The molecule has 32 heavy (non-hydrogen) atoms. The molecule has 2 aliphatic rings. The molecule has 8 heteroatoms. The van der Waals surface area contributed by atoms with Crippen LogP contribution in [-0.2, 0) is 25.5 Å². The van der Waals surface area contributed by atoms with Crippen molar-refractivity contribution in [3.05, 3.63) is 23.8 Å². The van der Waals surface area contributed by atoms with Crippen LogP contribution < -0.4 is 14.8 Å². The molecular weight excluding hydrogens is 412 g/mol. The van der Waals surface area contributed by atoms with Gasteiger partial charge in [-0.2, -0.15) is 0 Å². The number of methoxy groups -OCH3 is 2. The van der Waals surface area contributed by atoms with Crippen molar-refractivity contribution in [1.29, 1.82) is 0 Å². The maximum Gasteiger partial charge on any atom is 0.253 e. The Bertz CT molecular complexity index is 659. The van der Waals surface area contributed by atoms with Crippen molar-refractivity contribution in [3.63, 3.8) is 0 Å². The van der Waals surface area contributed by atoms with Gasteiger partial charge >= 0.3 is 0 Å². The molecule has 0 spiro atoms. The van der Waals surface area contributed by atoms with Gasteiger partial charge in [0.05, 0.1) is 13.2 Å². The Hall–Kier alpha value is -1.87. The summed E-state index contributed by atoms with van der Waals surface area (Å²) in [6.07, 6.45) is 4.21. The fourth-order valence-electron chi connectivity index (χ4n) is 3.70. The molecule has 0 radical (unpaired) electrons. The van der Waals surface area contributed by atoms with Crippen LogP contribution in [0.4, 0.5) is 0 Å². The SMILES string of the molecule is COCCCOc1cc(CN(C(=O)[C@H]2CNCCCO2)C2CC2)cc(OCCCOC)c1. The Labute approximate surface area is 191 Å². The second kappa shape index (κ2) is 13.6. The van der Waals surface area contributed by atoms with Gasteiger partial charge in [-0.15, -0.1) is 0 Å². The number of nitrogens with zero attached hydrogens (tertiary/aromatic N) is 1. The quantitative estimate of drug-likeness (QED) is 0.436. The van der Waals surface area contributed by atoms with Crippen molar-refractivity contribution >= 4 is 5.91 Å². The van der Waals surface area contributed by atoms with E-state index in [9.17, 15) is 4.79 Å². The van der Waals surface area contributed by atoms with E-state index in [-0.39, 0.29) is 11.9 Å². The zero-order valence-electron chi connectivity index (χ0n) is 19.5. The Kier molecular flexibility index (Phi) is 10.5. The maximum absolute atomic E-state index is 13.3. The van der Waals surface area contributed by atoms with Gasteiger partial charge in [0.1, 0.15) is 17.6 Å². The minimum absolute atomic E-state index is 0.0656. The molecule has 8 nitrogen and oxygen atoms in total. The molecule has 1 aliphatic heterocycles. The predicted octanol–water partition coefficient (Wildman–Crippen LogP) is 2.39. The van der Waals surface area contributed by atoms with Gasteiger partial charge in [-0.05, 0) is 43.5 Å². The van der Waals surface area contributed by atoms with Crippen LogP contribution in [0.2, 0.25) is 0 Å². The Morgan fingerprint density at radius 1 is 1.03 bits per heavy atom. The van der Waals surface area contributed by atoms with Gasteiger partial charge in [0.2, 0.25) is 0 Å². The average Bonchev–Trinajstić information content (AvgIpc) is 3.65. The number of nitrogens with one attached hydrogen (secondary N) is 1. The molecule has 1 aliphatic carbocycles. The minimum Gasteiger partial charge on any atom is -0.493 e. The molecule has 1 aromatic carbocycles. The van der Waals surface area contributed by atoms with Crippen LogP contribution in [0.1, 0.15) is 37.7 Å². The summed E-state index contributed by atoms with van der Waals surface area (Å²) in [5, 5.41) is 3.31. The van der Waals surface area contributed by atoms with E-state index < -0.39 is 6.10 Å². The van der Waals surface area contributed by atoms with E-state index in [4.69, 9.17) is 23.7 Å². The number of hydrogen-bond donors (Lipinski definition) is 1. The Morgan fingerprint density at radius 2 is 1.69 bits per heavy atom. The van der Waals surface area contributed by atoms with Gasteiger partial charge < -0.3 is 33.9 Å². The Balaban J connectivity index is 1.69. The molecule has 1 aromatic rings. The third-order valence-electron chi connectivity index (χ3n) is 5.51. The first kappa shape index (κ1) is 24.8. The molecule has 1 atom stereocenters. The van der Waals surface area contributed by atoms with Crippen LogP contribution in [0.3, 0.4) is 0 Å². The summed E-state index contributed by atoms with van der Waals surface area (Å²) in [5.74, 6) is 1.56. The van der Waals surface area contributed by atoms with Crippen molar-refractivity contribution in [2.45, 2.75) is 50.8 Å². The van der Waals surface area contributed by atoms with Crippen molar-refractivity contribution in [2.24, 2.45) is 0 Å². The van der Waals surface area contributed by atoms with Crippen molar-refractivity contribution < 1.29 is 28.5 Å². The van der Waals surface area contributed by atoms with E-state index in [0.29, 0.717) is 46.1 Å². The number of carbonyl (C=O) groups is 1. The van der Waals surface area contributed by atoms with E-state index in [1.54, 1.807) is 14.2 Å². The summed E-state index contributed by atoms with van der Waals surface area (Å²) in [6, 6.07) is 6.20. The summed E-state index contributed by atoms with van der Waals surface area (Å²) in [7, 11) is 3.37. The lowest BCUT2D eigenvalue weighted by Crippen LogP contribution is -2.45. The summed E-state index contributed by atoms with van der Waals surface area (Å²) in [6.45, 7) is 5.02. The lowest BCUT2D eigenvalue weighted by molar-refractivity contribution is -0.144. The molecule has 1 N–H and O–H groups in total. The molecule has 1 heterocycles. The third-order valence-corrected chi connectivity index (χ3v) is 5.51. The van der Waals surface area contributed by atoms with Crippen LogP contribution in [0, 0.1) is 0 Å². The number of rotatable bonds is 14. The molecule has 0 unspecified atom stereocenters. The van der Waals surface area contributed by atoms with E-state index in [1.807, 2.05) is 23.1 Å². The van der Waals surface area contributed by atoms with Gasteiger partial charge in [-0.1, -0.05) is 0 Å². The summed E-state index contributed by atoms with van der Waals surface area (Å²) >= 11 is 0. The van der Waals surface area contributed by atoms with Crippen LogP contribution in [0.5, 0.6) is 11.5 Å². The molecule has 0 aromatic heterocycles. The Morgan fingerprint density at radius 3 is 2.28 bits per heavy atom. The van der Waals surface area contributed by atoms with Gasteiger partial charge in [0.25, 0.3) is 5.91 Å². The molecule has 180 valence electrons. The van der Waals surface area contributed by atoms with Crippen LogP contribution in [-0.4, -0.2) is 83.3 Å². The third kappa shape index (κ3) is 8.24. The predicted molar refractivity (Wildman–Crippen MR) is 121 cm³/mol. The van der Waals surface area contributed by atoms with Gasteiger partial charge in [-0.25, -0.2) is 0 Å². The van der Waals surface area contributed by atoms with Crippen LogP contribution in [0.25, 0.3) is 0 Å². The summed E-state index contributed by atoms with van der Waals surface area (Å²) in [5.41, 5.74) is 0.998. The fourth-order valence-corrected chi connectivity index (χ4v) is 3.70. The van der Waals surface area contributed by atoms with E-state index in [0.717, 1.165) is 55.7 Å². The first-order valence-corrected chi connectivity index (χ1v) is 11.7. The zero-order chi connectivity index (χ0) is 22.6. The molecule has 1 saturated heterocycles. The van der Waals surface area contributed by atoms with Crippen LogP contribution in [0.15, 0.2) is 18.2 Å². The van der Waals surface area contributed by atoms with Gasteiger partial charge in [0, 0.05) is 72.1 Å². The standard InChI is InChI=1S/C24H38N2O6/c1-28-9-4-12-30-21-14-19(15-22(16-21)31-13-5-10-29-2)18-26(20-6-7-20)24(27)23-17-25-8-3-11-32-23/h14-16,20,23,25H,3-13,17-18H2,1-2H3/t23-/m1/s1. The van der Waals surface area contributed by atoms with E-state index in [1.165, 1.54) is 0 Å². The highest BCUT2D eigenvalue weighted by Crippen LogP contribution is 2.31. The summed E-state index contributed by atoms with van der Waals surface area (Å²) in [4.78, 5) is 15.2. The largest absolute Gasteiger partial charge is 0.493 e. The highest BCUT2D eigenvalue weighted by molar-refractivity contribution is 5.82. The number of hydrogen-bond acceptors (Lipinski definition) is 7. The highest BCUT2D eigenvalue weighted by atomic mass is 16.5. The molecule has 1 amide bonds. The monoisotopic (exact) mass is 450 g/mol. The highest BCUT2D eigenvalue weighted by Gasteiger charge is 2.36. The average molecular weight is 451 g/mol. The number of ether oxygens (including phenoxy) is 5. The molecule has 0 bridgehead atoms. The molecule has 3 rings (SSSR count). The fraction of sp³-hybridized carbons (Fsp3) is 0.708. The lowest BCUT2D eigenvalue weighted by atomic mass is 10.1. The molecular formula is C24H38N2O6. The maximum atomic E-state index is 13.3. The van der Waals surface area contributed by atoms with E-state index >= 15 is 0 Å². The lowest BCUT2D eigenvalue weighted by Gasteiger charge is -2.27. The van der Waals surface area contributed by atoms with Crippen LogP contribution >= 0.6 is 0 Å². The first-order valence-electron chi connectivity index (χ1n) is 11.7. The van der Waals surface area contributed by atoms with Crippen molar-refractivity contribution in [2.75, 3.05) is 60.3 Å². The number of carbonyl (C=O) groups excluding carboxylic acids is 1. The molecule has 1 saturated carbocycles. The topological polar surface area (TPSA) is 78.5 Å². The molecule has 2 fully saturated rings. The van der Waals surface area contributed by atoms with Gasteiger partial charge in [-0.3, -0.25) is 4.79 Å². The normalized spacial score (nSPS) is 18.8. The smallest absolute Gasteiger partial charge is 0.253 e. The van der Waals surface area contributed by atoms with E-state index in [2.05, 4.69) is 5.32 Å². The number of benzene rings is 1. The first-order chi connectivity index (χ1) is 15.7. The second-order valence-corrected chi connectivity index (χ2v) is 8.32. The summed E-state index contributed by atoms with van der Waals surface area (Å²) < 4.78 is 27.9. The number of amides is 1.